The quantitative estimate of drug-likeness (QED) is 0.684. The van der Waals surface area contributed by atoms with Crippen molar-refractivity contribution in [2.45, 2.75) is 18.5 Å². The molecule has 0 unspecified atom stereocenters. The van der Waals surface area contributed by atoms with Gasteiger partial charge in [0.1, 0.15) is 12.1 Å². The Hall–Kier alpha value is -2.67. The van der Waals surface area contributed by atoms with Crippen LogP contribution >= 0.6 is 11.8 Å². The van der Waals surface area contributed by atoms with Gasteiger partial charge in [0.25, 0.3) is 0 Å². The van der Waals surface area contributed by atoms with E-state index < -0.39 is 0 Å². The zero-order chi connectivity index (χ0) is 17.6. The Morgan fingerprint density at radius 1 is 1.20 bits per heavy atom. The van der Waals surface area contributed by atoms with E-state index in [2.05, 4.69) is 22.4 Å². The van der Waals surface area contributed by atoms with Crippen LogP contribution in [0.3, 0.4) is 0 Å². The number of aryl methyl sites for hydroxylation is 1. The number of amides is 1. The SMILES string of the molecule is CCc1ccc(NC(=O)CSc2nncn2-c2ccccc2F)cc1. The largest absolute Gasteiger partial charge is 0.325 e. The van der Waals surface area contributed by atoms with Gasteiger partial charge in [0.2, 0.25) is 5.91 Å². The van der Waals surface area contributed by atoms with E-state index in [1.54, 1.807) is 18.2 Å². The average Bonchev–Trinajstić information content (AvgIpc) is 3.09. The third-order valence-corrected chi connectivity index (χ3v) is 4.55. The Morgan fingerprint density at radius 3 is 2.68 bits per heavy atom. The fraction of sp³-hybridized carbons (Fsp3) is 0.167. The predicted molar refractivity (Wildman–Crippen MR) is 96.5 cm³/mol. The number of thioether (sulfide) groups is 1. The smallest absolute Gasteiger partial charge is 0.234 e. The van der Waals surface area contributed by atoms with Crippen LogP contribution in [-0.2, 0) is 11.2 Å². The lowest BCUT2D eigenvalue weighted by molar-refractivity contribution is -0.113. The van der Waals surface area contributed by atoms with Crippen molar-refractivity contribution in [2.24, 2.45) is 0 Å². The second kappa shape index (κ2) is 7.94. The molecule has 1 N–H and O–H groups in total. The number of carbonyl (C=O) groups excluding carboxylic acids is 1. The first-order valence-electron chi connectivity index (χ1n) is 7.84. The molecule has 0 spiro atoms. The van der Waals surface area contributed by atoms with Crippen LogP contribution in [0.2, 0.25) is 0 Å². The minimum absolute atomic E-state index is 0.155. The van der Waals surface area contributed by atoms with Gasteiger partial charge in [-0.15, -0.1) is 10.2 Å². The fourth-order valence-corrected chi connectivity index (χ4v) is 3.01. The van der Waals surface area contributed by atoms with Gasteiger partial charge in [-0.25, -0.2) is 4.39 Å². The van der Waals surface area contributed by atoms with Gasteiger partial charge in [-0.3, -0.25) is 9.36 Å². The maximum atomic E-state index is 13.9. The number of anilines is 1. The van der Waals surface area contributed by atoms with E-state index in [-0.39, 0.29) is 17.5 Å². The molecule has 0 saturated carbocycles. The fourth-order valence-electron chi connectivity index (χ4n) is 2.29. The maximum absolute atomic E-state index is 13.9. The van der Waals surface area contributed by atoms with Gasteiger partial charge < -0.3 is 5.32 Å². The molecule has 7 heteroatoms. The molecule has 128 valence electrons. The number of hydrogen-bond acceptors (Lipinski definition) is 4. The third kappa shape index (κ3) is 4.24. The summed E-state index contributed by atoms with van der Waals surface area (Å²) in [5.41, 5.74) is 2.31. The summed E-state index contributed by atoms with van der Waals surface area (Å²) in [6.07, 6.45) is 2.39. The Kier molecular flexibility index (Phi) is 5.45. The van der Waals surface area contributed by atoms with Crippen LogP contribution in [0.15, 0.2) is 60.0 Å². The molecule has 3 rings (SSSR count). The summed E-state index contributed by atoms with van der Waals surface area (Å²) in [7, 11) is 0. The highest BCUT2D eigenvalue weighted by Gasteiger charge is 2.12. The van der Waals surface area contributed by atoms with Gasteiger partial charge in [0, 0.05) is 5.69 Å². The molecular weight excluding hydrogens is 339 g/mol. The number of aromatic nitrogens is 3. The number of halogens is 1. The van der Waals surface area contributed by atoms with Crippen molar-refractivity contribution in [3.63, 3.8) is 0 Å². The summed E-state index contributed by atoms with van der Waals surface area (Å²) in [5, 5.41) is 11.1. The summed E-state index contributed by atoms with van der Waals surface area (Å²) in [6.45, 7) is 2.08. The maximum Gasteiger partial charge on any atom is 0.234 e. The van der Waals surface area contributed by atoms with E-state index in [9.17, 15) is 9.18 Å². The third-order valence-electron chi connectivity index (χ3n) is 3.61. The molecule has 1 aromatic heterocycles. The van der Waals surface area contributed by atoms with Crippen LogP contribution in [0.5, 0.6) is 0 Å². The van der Waals surface area contributed by atoms with Crippen molar-refractivity contribution in [1.29, 1.82) is 0 Å². The molecule has 0 atom stereocenters. The molecule has 0 saturated heterocycles. The molecule has 0 aliphatic carbocycles. The second-order valence-electron chi connectivity index (χ2n) is 5.32. The van der Waals surface area contributed by atoms with Gasteiger partial charge in [-0.05, 0) is 36.2 Å². The van der Waals surface area contributed by atoms with Crippen molar-refractivity contribution < 1.29 is 9.18 Å². The van der Waals surface area contributed by atoms with E-state index in [0.717, 1.165) is 12.1 Å². The molecule has 2 aromatic carbocycles. The van der Waals surface area contributed by atoms with E-state index in [0.29, 0.717) is 10.8 Å². The van der Waals surface area contributed by atoms with Crippen molar-refractivity contribution in [3.05, 3.63) is 66.2 Å². The Morgan fingerprint density at radius 2 is 1.96 bits per heavy atom. The van der Waals surface area contributed by atoms with Gasteiger partial charge in [0.15, 0.2) is 5.16 Å². The zero-order valence-corrected chi connectivity index (χ0v) is 14.5. The van der Waals surface area contributed by atoms with Gasteiger partial charge in [-0.1, -0.05) is 43.0 Å². The number of rotatable bonds is 6. The molecule has 0 bridgehead atoms. The summed E-state index contributed by atoms with van der Waals surface area (Å²) >= 11 is 1.20. The van der Waals surface area contributed by atoms with Crippen molar-refractivity contribution in [2.75, 3.05) is 11.1 Å². The second-order valence-corrected chi connectivity index (χ2v) is 6.26. The molecule has 25 heavy (non-hydrogen) atoms. The number of carbonyl (C=O) groups is 1. The molecule has 1 amide bonds. The monoisotopic (exact) mass is 356 g/mol. The van der Waals surface area contributed by atoms with Crippen LogP contribution in [-0.4, -0.2) is 26.4 Å². The Balaban J connectivity index is 1.63. The predicted octanol–water partition coefficient (Wildman–Crippen LogP) is 3.70. The van der Waals surface area contributed by atoms with Gasteiger partial charge in [0.05, 0.1) is 11.4 Å². The first kappa shape index (κ1) is 17.2. The van der Waals surface area contributed by atoms with E-state index in [1.807, 2.05) is 24.3 Å². The number of nitrogens with zero attached hydrogens (tertiary/aromatic N) is 3. The summed E-state index contributed by atoms with van der Waals surface area (Å²) < 4.78 is 15.4. The van der Waals surface area contributed by atoms with Crippen LogP contribution in [0, 0.1) is 5.82 Å². The van der Waals surface area contributed by atoms with Gasteiger partial charge in [-0.2, -0.15) is 0 Å². The first-order chi connectivity index (χ1) is 12.2. The molecule has 3 aromatic rings. The average molecular weight is 356 g/mol. The lowest BCUT2D eigenvalue weighted by atomic mass is 10.1. The summed E-state index contributed by atoms with van der Waals surface area (Å²) in [5.74, 6) is -0.371. The van der Waals surface area contributed by atoms with Crippen molar-refractivity contribution in [3.8, 4) is 5.69 Å². The molecule has 0 aliphatic rings. The molecule has 5 nitrogen and oxygen atoms in total. The number of hydrogen-bond donors (Lipinski definition) is 1. The van der Waals surface area contributed by atoms with Crippen molar-refractivity contribution in [1.82, 2.24) is 14.8 Å². The highest BCUT2D eigenvalue weighted by molar-refractivity contribution is 7.99. The molecule has 1 heterocycles. The normalized spacial score (nSPS) is 10.6. The minimum atomic E-state index is -0.371. The van der Waals surface area contributed by atoms with Crippen LogP contribution in [0.1, 0.15) is 12.5 Å². The van der Waals surface area contributed by atoms with Crippen LogP contribution < -0.4 is 5.32 Å². The zero-order valence-electron chi connectivity index (χ0n) is 13.6. The first-order valence-corrected chi connectivity index (χ1v) is 8.82. The number of nitrogens with one attached hydrogen (secondary N) is 1. The topological polar surface area (TPSA) is 59.8 Å². The Labute approximate surface area is 149 Å². The van der Waals surface area contributed by atoms with Crippen molar-refractivity contribution >= 4 is 23.4 Å². The summed E-state index contributed by atoms with van der Waals surface area (Å²) in [6, 6.07) is 14.1. The lowest BCUT2D eigenvalue weighted by Gasteiger charge is -2.08. The molecular formula is C18H17FN4OS. The van der Waals surface area contributed by atoms with E-state index >= 15 is 0 Å². The highest BCUT2D eigenvalue weighted by Crippen LogP contribution is 2.21. The molecule has 0 aliphatic heterocycles. The van der Waals surface area contributed by atoms with Gasteiger partial charge >= 0.3 is 0 Å². The van der Waals surface area contributed by atoms with Crippen LogP contribution in [0.25, 0.3) is 5.69 Å². The van der Waals surface area contributed by atoms with E-state index in [1.165, 1.54) is 34.3 Å². The minimum Gasteiger partial charge on any atom is -0.325 e. The number of benzene rings is 2. The van der Waals surface area contributed by atoms with Crippen LogP contribution in [0.4, 0.5) is 10.1 Å². The lowest BCUT2D eigenvalue weighted by Crippen LogP contribution is -2.14. The Bertz CT molecular complexity index is 864. The van der Waals surface area contributed by atoms with E-state index in [4.69, 9.17) is 0 Å². The standard InChI is InChI=1S/C18H17FN4OS/c1-2-13-7-9-14(10-8-13)21-17(24)11-25-18-22-20-12-23(18)16-6-4-3-5-15(16)19/h3-10,12H,2,11H2,1H3,(H,21,24). The highest BCUT2D eigenvalue weighted by atomic mass is 32.2. The molecule has 0 fully saturated rings. The number of para-hydroxylation sites is 1. The molecule has 0 radical (unpaired) electrons. The summed E-state index contributed by atoms with van der Waals surface area (Å²) in [4.78, 5) is 12.1.